The number of fused-ring (bicyclic) bond motifs is 1. The summed E-state index contributed by atoms with van der Waals surface area (Å²) in [7, 11) is 1.36. The standard InChI is InChI=1S/C17H12Cl2N2O3/c1-21-16(23)11-5-3-2-4-10(11)14(17(21)24)15(22)20-13-7-6-9(18)8-12(13)19/h2-8,14H,1H3,(H,20,22). The molecule has 0 aliphatic carbocycles. The Hall–Kier alpha value is -2.37. The summed E-state index contributed by atoms with van der Waals surface area (Å²) in [6.07, 6.45) is 0. The predicted molar refractivity (Wildman–Crippen MR) is 91.4 cm³/mol. The molecule has 1 atom stereocenters. The second-order valence-electron chi connectivity index (χ2n) is 5.34. The first-order chi connectivity index (χ1) is 11.4. The van der Waals surface area contributed by atoms with E-state index in [0.29, 0.717) is 21.8 Å². The fraction of sp³-hybridized carbons (Fsp3) is 0.118. The number of rotatable bonds is 2. The number of carbonyl (C=O) groups excluding carboxylic acids is 3. The third-order valence-electron chi connectivity index (χ3n) is 3.84. The van der Waals surface area contributed by atoms with E-state index in [1.807, 2.05) is 0 Å². The maximum absolute atomic E-state index is 12.7. The molecule has 1 unspecified atom stereocenters. The number of hydrogen-bond acceptors (Lipinski definition) is 3. The summed E-state index contributed by atoms with van der Waals surface area (Å²) in [6.45, 7) is 0. The average molecular weight is 363 g/mol. The van der Waals surface area contributed by atoms with Crippen molar-refractivity contribution in [3.63, 3.8) is 0 Å². The van der Waals surface area contributed by atoms with E-state index < -0.39 is 23.6 Å². The van der Waals surface area contributed by atoms with Gasteiger partial charge in [0.15, 0.2) is 0 Å². The van der Waals surface area contributed by atoms with E-state index >= 15 is 0 Å². The molecule has 0 aromatic heterocycles. The molecule has 0 saturated carbocycles. The fourth-order valence-electron chi connectivity index (χ4n) is 2.60. The molecule has 0 bridgehead atoms. The Morgan fingerprint density at radius 2 is 1.83 bits per heavy atom. The van der Waals surface area contributed by atoms with E-state index in [4.69, 9.17) is 23.2 Å². The second kappa shape index (κ2) is 6.26. The molecular weight excluding hydrogens is 351 g/mol. The van der Waals surface area contributed by atoms with Gasteiger partial charge in [0.25, 0.3) is 5.91 Å². The van der Waals surface area contributed by atoms with E-state index in [2.05, 4.69) is 5.32 Å². The summed E-state index contributed by atoms with van der Waals surface area (Å²) < 4.78 is 0. The lowest BCUT2D eigenvalue weighted by atomic mass is 9.88. The number of halogens is 2. The van der Waals surface area contributed by atoms with Crippen LogP contribution in [-0.2, 0) is 9.59 Å². The van der Waals surface area contributed by atoms with Crippen molar-refractivity contribution in [3.05, 3.63) is 63.6 Å². The van der Waals surface area contributed by atoms with Crippen LogP contribution in [0.1, 0.15) is 21.8 Å². The van der Waals surface area contributed by atoms with Gasteiger partial charge in [-0.3, -0.25) is 19.3 Å². The van der Waals surface area contributed by atoms with Crippen LogP contribution in [0.4, 0.5) is 5.69 Å². The van der Waals surface area contributed by atoms with Gasteiger partial charge in [-0.1, -0.05) is 41.4 Å². The molecule has 3 rings (SSSR count). The Bertz CT molecular complexity index is 867. The number of imide groups is 1. The minimum atomic E-state index is -1.12. The van der Waals surface area contributed by atoms with Crippen molar-refractivity contribution in [1.29, 1.82) is 0 Å². The molecular formula is C17H12Cl2N2O3. The summed E-state index contributed by atoms with van der Waals surface area (Å²) in [4.78, 5) is 38.3. The molecule has 1 aliphatic rings. The molecule has 2 aromatic carbocycles. The Morgan fingerprint density at radius 1 is 1.12 bits per heavy atom. The zero-order valence-electron chi connectivity index (χ0n) is 12.5. The lowest BCUT2D eigenvalue weighted by molar-refractivity contribution is -0.134. The van der Waals surface area contributed by atoms with Crippen molar-refractivity contribution in [2.45, 2.75) is 5.92 Å². The van der Waals surface area contributed by atoms with Crippen LogP contribution in [0.25, 0.3) is 0 Å². The van der Waals surface area contributed by atoms with E-state index in [1.54, 1.807) is 36.4 Å². The molecule has 1 aliphatic heterocycles. The van der Waals surface area contributed by atoms with Crippen molar-refractivity contribution >= 4 is 46.6 Å². The van der Waals surface area contributed by atoms with Crippen LogP contribution >= 0.6 is 23.2 Å². The minimum absolute atomic E-state index is 0.261. The summed E-state index contributed by atoms with van der Waals surface area (Å²) in [5, 5.41) is 3.32. The van der Waals surface area contributed by atoms with Gasteiger partial charge in [-0.15, -0.1) is 0 Å². The first kappa shape index (κ1) is 16.5. The van der Waals surface area contributed by atoms with Crippen LogP contribution in [-0.4, -0.2) is 29.7 Å². The number of likely N-dealkylation sites (N-methyl/N-ethyl adjacent to an activating group) is 1. The number of hydrogen-bond donors (Lipinski definition) is 1. The van der Waals surface area contributed by atoms with E-state index in [0.717, 1.165) is 4.90 Å². The number of carbonyl (C=O) groups is 3. The quantitative estimate of drug-likeness (QED) is 0.658. The minimum Gasteiger partial charge on any atom is -0.324 e. The molecule has 5 nitrogen and oxygen atoms in total. The van der Waals surface area contributed by atoms with Gasteiger partial charge in [0.05, 0.1) is 10.7 Å². The highest BCUT2D eigenvalue weighted by Crippen LogP contribution is 2.31. The molecule has 7 heteroatoms. The van der Waals surface area contributed by atoms with Gasteiger partial charge in [0.1, 0.15) is 5.92 Å². The first-order valence-electron chi connectivity index (χ1n) is 7.07. The van der Waals surface area contributed by atoms with Gasteiger partial charge in [0, 0.05) is 17.6 Å². The zero-order valence-corrected chi connectivity index (χ0v) is 14.1. The normalized spacial score (nSPS) is 16.8. The first-order valence-corrected chi connectivity index (χ1v) is 7.82. The van der Waals surface area contributed by atoms with E-state index in [9.17, 15) is 14.4 Å². The topological polar surface area (TPSA) is 66.5 Å². The SMILES string of the molecule is CN1C(=O)c2ccccc2C(C(=O)Nc2ccc(Cl)cc2Cl)C1=O. The van der Waals surface area contributed by atoms with Crippen LogP contribution in [0.2, 0.25) is 10.0 Å². The van der Waals surface area contributed by atoms with Crippen LogP contribution < -0.4 is 5.32 Å². The fourth-order valence-corrected chi connectivity index (χ4v) is 3.06. The number of nitrogens with one attached hydrogen (secondary N) is 1. The summed E-state index contributed by atoms with van der Waals surface area (Å²) in [5.74, 6) is -2.68. The van der Waals surface area contributed by atoms with Gasteiger partial charge < -0.3 is 5.32 Å². The Balaban J connectivity index is 1.98. The smallest absolute Gasteiger partial charge is 0.260 e. The maximum Gasteiger partial charge on any atom is 0.260 e. The Labute approximate surface area is 148 Å². The van der Waals surface area contributed by atoms with E-state index in [-0.39, 0.29) is 5.02 Å². The third kappa shape index (κ3) is 2.77. The van der Waals surface area contributed by atoms with Crippen LogP contribution in [0.15, 0.2) is 42.5 Å². The van der Waals surface area contributed by atoms with Crippen molar-refractivity contribution < 1.29 is 14.4 Å². The Morgan fingerprint density at radius 3 is 2.54 bits per heavy atom. The maximum atomic E-state index is 12.7. The molecule has 2 aromatic rings. The predicted octanol–water partition coefficient (Wildman–Crippen LogP) is 3.33. The van der Waals surface area contributed by atoms with Gasteiger partial charge >= 0.3 is 0 Å². The van der Waals surface area contributed by atoms with E-state index in [1.165, 1.54) is 13.1 Å². The molecule has 0 spiro atoms. The Kier molecular flexibility index (Phi) is 4.30. The van der Waals surface area contributed by atoms with Crippen molar-refractivity contribution in [1.82, 2.24) is 4.90 Å². The van der Waals surface area contributed by atoms with Crippen molar-refractivity contribution in [2.24, 2.45) is 0 Å². The summed E-state index contributed by atoms with van der Waals surface area (Å²) >= 11 is 11.9. The van der Waals surface area contributed by atoms with Crippen molar-refractivity contribution in [2.75, 3.05) is 12.4 Å². The summed E-state index contributed by atoms with van der Waals surface area (Å²) in [6, 6.07) is 11.2. The third-order valence-corrected chi connectivity index (χ3v) is 4.38. The number of amides is 3. The highest BCUT2D eigenvalue weighted by Gasteiger charge is 2.40. The molecule has 0 radical (unpaired) electrons. The van der Waals surface area contributed by atoms with Crippen LogP contribution in [0.5, 0.6) is 0 Å². The monoisotopic (exact) mass is 362 g/mol. The molecule has 1 heterocycles. The van der Waals surface area contributed by atoms with Gasteiger partial charge in [-0.05, 0) is 29.8 Å². The highest BCUT2D eigenvalue weighted by molar-refractivity contribution is 6.37. The molecule has 0 saturated heterocycles. The lowest BCUT2D eigenvalue weighted by Gasteiger charge is -2.29. The van der Waals surface area contributed by atoms with Crippen LogP contribution in [0.3, 0.4) is 0 Å². The molecule has 1 N–H and O–H groups in total. The lowest BCUT2D eigenvalue weighted by Crippen LogP contribution is -2.46. The molecule has 24 heavy (non-hydrogen) atoms. The second-order valence-corrected chi connectivity index (χ2v) is 6.18. The zero-order chi connectivity index (χ0) is 17.4. The average Bonchev–Trinajstić information content (AvgIpc) is 2.55. The van der Waals surface area contributed by atoms with Gasteiger partial charge in [-0.2, -0.15) is 0 Å². The van der Waals surface area contributed by atoms with Crippen molar-refractivity contribution in [3.8, 4) is 0 Å². The van der Waals surface area contributed by atoms with Crippen LogP contribution in [0, 0.1) is 0 Å². The number of benzene rings is 2. The van der Waals surface area contributed by atoms with Gasteiger partial charge in [0.2, 0.25) is 11.8 Å². The molecule has 122 valence electrons. The number of nitrogens with zero attached hydrogens (tertiary/aromatic N) is 1. The highest BCUT2D eigenvalue weighted by atomic mass is 35.5. The number of anilines is 1. The molecule has 3 amide bonds. The largest absolute Gasteiger partial charge is 0.324 e. The van der Waals surface area contributed by atoms with Gasteiger partial charge in [-0.25, -0.2) is 0 Å². The molecule has 0 fully saturated rings. The summed E-state index contributed by atoms with van der Waals surface area (Å²) in [5.41, 5.74) is 1.06.